The Hall–Kier alpha value is -0.870. The Morgan fingerprint density at radius 1 is 1.47 bits per heavy atom. The molecular formula is C13H27N3O. The molecule has 0 aromatic rings. The highest BCUT2D eigenvalue weighted by Crippen LogP contribution is 1.97. The molecule has 0 heterocycles. The predicted molar refractivity (Wildman–Crippen MR) is 72.8 cm³/mol. The first-order valence-electron chi connectivity index (χ1n) is 6.33. The van der Waals surface area contributed by atoms with Crippen LogP contribution in [0.4, 0.5) is 0 Å². The van der Waals surface area contributed by atoms with Gasteiger partial charge >= 0.3 is 0 Å². The minimum Gasteiger partial charge on any atom is -0.355 e. The van der Waals surface area contributed by atoms with Crippen molar-refractivity contribution >= 4 is 5.91 Å². The molecule has 0 rings (SSSR count). The molecule has 0 radical (unpaired) electrons. The highest BCUT2D eigenvalue weighted by molar-refractivity contribution is 5.81. The lowest BCUT2D eigenvalue weighted by atomic mass is 10.2. The molecule has 3 N–H and O–H groups in total. The van der Waals surface area contributed by atoms with Crippen LogP contribution in [0.1, 0.15) is 33.1 Å². The van der Waals surface area contributed by atoms with E-state index in [4.69, 9.17) is 5.73 Å². The van der Waals surface area contributed by atoms with Crippen LogP contribution in [0.25, 0.3) is 0 Å². The van der Waals surface area contributed by atoms with Gasteiger partial charge in [0.1, 0.15) is 0 Å². The lowest BCUT2D eigenvalue weighted by molar-refractivity contribution is -0.122. The summed E-state index contributed by atoms with van der Waals surface area (Å²) in [5, 5.41) is 2.84. The molecule has 100 valence electrons. The van der Waals surface area contributed by atoms with Crippen LogP contribution in [0.5, 0.6) is 0 Å². The monoisotopic (exact) mass is 241 g/mol. The number of rotatable bonds is 9. The van der Waals surface area contributed by atoms with Crippen LogP contribution in [-0.2, 0) is 4.79 Å². The summed E-state index contributed by atoms with van der Waals surface area (Å²) in [5.41, 5.74) is 5.64. The standard InChI is InChI=1S/C13H27N3O/c1-5-8-12(14)13(17)15-9-6-7-10-16(4)11(2)3/h5,11-12H,1,6-10,14H2,2-4H3,(H,15,17). The maximum absolute atomic E-state index is 11.4. The van der Waals surface area contributed by atoms with Crippen LogP contribution in [0.2, 0.25) is 0 Å². The van der Waals surface area contributed by atoms with Crippen LogP contribution in [0, 0.1) is 0 Å². The first-order chi connectivity index (χ1) is 7.99. The average Bonchev–Trinajstić information content (AvgIpc) is 2.28. The Balaban J connectivity index is 3.51. The second-order valence-electron chi connectivity index (χ2n) is 4.70. The van der Waals surface area contributed by atoms with E-state index in [-0.39, 0.29) is 5.91 Å². The minimum absolute atomic E-state index is 0.0814. The van der Waals surface area contributed by atoms with E-state index in [0.29, 0.717) is 19.0 Å². The van der Waals surface area contributed by atoms with Crippen LogP contribution in [0.15, 0.2) is 12.7 Å². The fourth-order valence-corrected chi connectivity index (χ4v) is 1.37. The van der Waals surface area contributed by atoms with Crippen molar-refractivity contribution in [1.29, 1.82) is 0 Å². The lowest BCUT2D eigenvalue weighted by Gasteiger charge is -2.20. The van der Waals surface area contributed by atoms with Gasteiger partial charge in [-0.2, -0.15) is 0 Å². The summed E-state index contributed by atoms with van der Waals surface area (Å²) in [5.74, 6) is -0.0814. The Labute approximate surface area is 105 Å². The molecule has 0 aliphatic carbocycles. The molecule has 17 heavy (non-hydrogen) atoms. The quantitative estimate of drug-likeness (QED) is 0.470. The van der Waals surface area contributed by atoms with Crippen molar-refractivity contribution in [3.8, 4) is 0 Å². The number of nitrogens with zero attached hydrogens (tertiary/aromatic N) is 1. The molecule has 0 fully saturated rings. The number of carbonyl (C=O) groups excluding carboxylic acids is 1. The summed E-state index contributed by atoms with van der Waals surface area (Å²) in [7, 11) is 2.11. The zero-order chi connectivity index (χ0) is 13.3. The summed E-state index contributed by atoms with van der Waals surface area (Å²) in [4.78, 5) is 13.7. The Morgan fingerprint density at radius 2 is 2.12 bits per heavy atom. The maximum Gasteiger partial charge on any atom is 0.237 e. The van der Waals surface area contributed by atoms with Crippen LogP contribution in [0.3, 0.4) is 0 Å². The van der Waals surface area contributed by atoms with Gasteiger partial charge in [-0.05, 0) is 46.7 Å². The molecule has 0 saturated heterocycles. The van der Waals surface area contributed by atoms with Crippen molar-refractivity contribution in [3.05, 3.63) is 12.7 Å². The molecule has 0 aliphatic heterocycles. The smallest absolute Gasteiger partial charge is 0.237 e. The molecule has 0 aromatic heterocycles. The fraction of sp³-hybridized carbons (Fsp3) is 0.769. The third kappa shape index (κ3) is 7.94. The highest BCUT2D eigenvalue weighted by atomic mass is 16.2. The topological polar surface area (TPSA) is 58.4 Å². The number of unbranched alkanes of at least 4 members (excludes halogenated alkanes) is 1. The number of amides is 1. The van der Waals surface area contributed by atoms with Crippen molar-refractivity contribution < 1.29 is 4.79 Å². The third-order valence-corrected chi connectivity index (χ3v) is 2.88. The lowest BCUT2D eigenvalue weighted by Crippen LogP contribution is -2.40. The van der Waals surface area contributed by atoms with Crippen LogP contribution < -0.4 is 11.1 Å². The Morgan fingerprint density at radius 3 is 2.65 bits per heavy atom. The van der Waals surface area contributed by atoms with Crippen molar-refractivity contribution in [1.82, 2.24) is 10.2 Å². The van der Waals surface area contributed by atoms with E-state index >= 15 is 0 Å². The van der Waals surface area contributed by atoms with Crippen molar-refractivity contribution in [2.75, 3.05) is 20.1 Å². The van der Waals surface area contributed by atoms with Gasteiger partial charge in [0.05, 0.1) is 6.04 Å². The highest BCUT2D eigenvalue weighted by Gasteiger charge is 2.10. The zero-order valence-electron chi connectivity index (χ0n) is 11.4. The number of nitrogens with two attached hydrogens (primary N) is 1. The van der Waals surface area contributed by atoms with Gasteiger partial charge in [-0.1, -0.05) is 6.08 Å². The van der Waals surface area contributed by atoms with Gasteiger partial charge in [0.15, 0.2) is 0 Å². The molecule has 1 unspecified atom stereocenters. The third-order valence-electron chi connectivity index (χ3n) is 2.88. The summed E-state index contributed by atoms with van der Waals surface area (Å²) < 4.78 is 0. The van der Waals surface area contributed by atoms with E-state index < -0.39 is 6.04 Å². The summed E-state index contributed by atoms with van der Waals surface area (Å²) in [6.07, 6.45) is 4.28. The first kappa shape index (κ1) is 16.1. The molecule has 0 aliphatic rings. The number of carbonyl (C=O) groups is 1. The zero-order valence-corrected chi connectivity index (χ0v) is 11.4. The molecule has 1 amide bonds. The van der Waals surface area contributed by atoms with E-state index in [1.807, 2.05) is 0 Å². The number of hydrogen-bond acceptors (Lipinski definition) is 3. The molecule has 1 atom stereocenters. The minimum atomic E-state index is -0.453. The molecule has 0 bridgehead atoms. The summed E-state index contributed by atoms with van der Waals surface area (Å²) in [6, 6.07) is 0.122. The van der Waals surface area contributed by atoms with Crippen LogP contribution >= 0.6 is 0 Å². The summed E-state index contributed by atoms with van der Waals surface area (Å²) in [6.45, 7) is 9.68. The van der Waals surface area contributed by atoms with Gasteiger partial charge in [-0.3, -0.25) is 4.79 Å². The average molecular weight is 241 g/mol. The molecule has 0 aromatic carbocycles. The van der Waals surface area contributed by atoms with Gasteiger partial charge in [-0.25, -0.2) is 0 Å². The summed E-state index contributed by atoms with van der Waals surface area (Å²) >= 11 is 0. The van der Waals surface area contributed by atoms with Crippen molar-refractivity contribution in [3.63, 3.8) is 0 Å². The van der Waals surface area contributed by atoms with Gasteiger partial charge in [0, 0.05) is 12.6 Å². The molecular weight excluding hydrogens is 214 g/mol. The fourth-order valence-electron chi connectivity index (χ4n) is 1.37. The first-order valence-corrected chi connectivity index (χ1v) is 6.33. The largest absolute Gasteiger partial charge is 0.355 e. The van der Waals surface area contributed by atoms with E-state index in [9.17, 15) is 4.79 Å². The number of hydrogen-bond donors (Lipinski definition) is 2. The second-order valence-corrected chi connectivity index (χ2v) is 4.70. The number of nitrogens with one attached hydrogen (secondary N) is 1. The SMILES string of the molecule is C=CCC(N)C(=O)NCCCCN(C)C(C)C. The van der Waals surface area contributed by atoms with Crippen LogP contribution in [-0.4, -0.2) is 43.0 Å². The predicted octanol–water partition coefficient (Wildman–Crippen LogP) is 1.13. The van der Waals surface area contributed by atoms with E-state index in [2.05, 4.69) is 37.7 Å². The van der Waals surface area contributed by atoms with Gasteiger partial charge < -0.3 is 16.0 Å². The Bertz CT molecular complexity index is 229. The second kappa shape index (κ2) is 9.19. The maximum atomic E-state index is 11.4. The van der Waals surface area contributed by atoms with Gasteiger partial charge in [0.25, 0.3) is 0 Å². The Kier molecular flexibility index (Phi) is 8.72. The van der Waals surface area contributed by atoms with Crippen molar-refractivity contribution in [2.24, 2.45) is 5.73 Å². The van der Waals surface area contributed by atoms with E-state index in [1.54, 1.807) is 6.08 Å². The molecule has 4 nitrogen and oxygen atoms in total. The van der Waals surface area contributed by atoms with E-state index in [1.165, 1.54) is 0 Å². The molecule has 0 spiro atoms. The molecule has 4 heteroatoms. The van der Waals surface area contributed by atoms with Crippen molar-refractivity contribution in [2.45, 2.75) is 45.2 Å². The van der Waals surface area contributed by atoms with Gasteiger partial charge in [-0.15, -0.1) is 6.58 Å². The van der Waals surface area contributed by atoms with E-state index in [0.717, 1.165) is 19.4 Å². The molecule has 0 saturated carbocycles. The normalized spacial score (nSPS) is 12.8. The van der Waals surface area contributed by atoms with Gasteiger partial charge in [0.2, 0.25) is 5.91 Å².